The zero-order valence-corrected chi connectivity index (χ0v) is 12.7. The molecule has 0 saturated carbocycles. The summed E-state index contributed by atoms with van der Waals surface area (Å²) in [6.07, 6.45) is 0.0774. The molecule has 2 aromatic rings. The van der Waals surface area contributed by atoms with E-state index in [-0.39, 0.29) is 6.10 Å². The van der Waals surface area contributed by atoms with E-state index in [2.05, 4.69) is 27.8 Å². The van der Waals surface area contributed by atoms with Crippen molar-refractivity contribution in [2.75, 3.05) is 27.4 Å². The molecule has 4 nitrogen and oxygen atoms in total. The number of methoxy groups -OCH3 is 2. The monoisotopic (exact) mass is 292 g/mol. The zero-order chi connectivity index (χ0) is 14.2. The van der Waals surface area contributed by atoms with Crippen LogP contribution in [0.25, 0.3) is 11.3 Å². The molecule has 2 rings (SSSR count). The van der Waals surface area contributed by atoms with Gasteiger partial charge in [-0.1, -0.05) is 30.3 Å². The van der Waals surface area contributed by atoms with Gasteiger partial charge in [0.2, 0.25) is 0 Å². The predicted octanol–water partition coefficient (Wildman–Crippen LogP) is 2.56. The molecule has 1 aromatic heterocycles. The molecule has 0 amide bonds. The SMILES string of the molecule is COCC(CNCc1nc(-c2ccccc2)cs1)OC. The Hall–Kier alpha value is -1.27. The van der Waals surface area contributed by atoms with E-state index < -0.39 is 0 Å². The third-order valence-corrected chi connectivity index (χ3v) is 3.80. The summed E-state index contributed by atoms with van der Waals surface area (Å²) >= 11 is 1.67. The Balaban J connectivity index is 1.84. The summed E-state index contributed by atoms with van der Waals surface area (Å²) in [7, 11) is 3.38. The number of nitrogens with zero attached hydrogens (tertiary/aromatic N) is 1. The lowest BCUT2D eigenvalue weighted by molar-refractivity contribution is 0.0288. The number of hydrogen-bond donors (Lipinski definition) is 1. The fourth-order valence-electron chi connectivity index (χ4n) is 1.87. The molecule has 1 unspecified atom stereocenters. The van der Waals surface area contributed by atoms with E-state index in [1.54, 1.807) is 25.6 Å². The van der Waals surface area contributed by atoms with Gasteiger partial charge in [0.05, 0.1) is 18.4 Å². The van der Waals surface area contributed by atoms with Gasteiger partial charge in [-0.25, -0.2) is 4.98 Å². The second-order valence-electron chi connectivity index (χ2n) is 4.44. The quantitative estimate of drug-likeness (QED) is 0.812. The first-order chi connectivity index (χ1) is 9.83. The van der Waals surface area contributed by atoms with Crippen LogP contribution in [0.5, 0.6) is 0 Å². The molecule has 0 aliphatic rings. The third-order valence-electron chi connectivity index (χ3n) is 2.96. The lowest BCUT2D eigenvalue weighted by Gasteiger charge is -2.14. The van der Waals surface area contributed by atoms with Crippen molar-refractivity contribution in [1.29, 1.82) is 0 Å². The van der Waals surface area contributed by atoms with Crippen molar-refractivity contribution in [3.8, 4) is 11.3 Å². The van der Waals surface area contributed by atoms with Crippen LogP contribution in [0.4, 0.5) is 0 Å². The van der Waals surface area contributed by atoms with Gasteiger partial charge in [0.25, 0.3) is 0 Å². The van der Waals surface area contributed by atoms with Crippen LogP contribution in [-0.2, 0) is 16.0 Å². The van der Waals surface area contributed by atoms with E-state index in [4.69, 9.17) is 9.47 Å². The molecule has 0 spiro atoms. The van der Waals surface area contributed by atoms with Gasteiger partial charge >= 0.3 is 0 Å². The number of thiazole rings is 1. The number of hydrogen-bond acceptors (Lipinski definition) is 5. The molecule has 0 aliphatic carbocycles. The van der Waals surface area contributed by atoms with Crippen LogP contribution in [0, 0.1) is 0 Å². The number of aromatic nitrogens is 1. The third kappa shape index (κ3) is 4.38. The molecular formula is C15H20N2O2S. The molecule has 0 bridgehead atoms. The average molecular weight is 292 g/mol. The lowest BCUT2D eigenvalue weighted by Crippen LogP contribution is -2.31. The highest BCUT2D eigenvalue weighted by atomic mass is 32.1. The Kier molecular flexibility index (Phi) is 6.14. The van der Waals surface area contributed by atoms with Crippen molar-refractivity contribution >= 4 is 11.3 Å². The molecular weight excluding hydrogens is 272 g/mol. The highest BCUT2D eigenvalue weighted by molar-refractivity contribution is 7.09. The molecule has 0 radical (unpaired) electrons. The van der Waals surface area contributed by atoms with Gasteiger partial charge in [0.1, 0.15) is 5.01 Å². The summed E-state index contributed by atoms with van der Waals surface area (Å²) in [6, 6.07) is 10.2. The van der Waals surface area contributed by atoms with Crippen molar-refractivity contribution < 1.29 is 9.47 Å². The molecule has 1 heterocycles. The largest absolute Gasteiger partial charge is 0.382 e. The van der Waals surface area contributed by atoms with Crippen molar-refractivity contribution in [2.45, 2.75) is 12.6 Å². The highest BCUT2D eigenvalue weighted by Crippen LogP contribution is 2.21. The molecule has 20 heavy (non-hydrogen) atoms. The standard InChI is InChI=1S/C15H20N2O2S/c1-18-10-13(19-2)8-16-9-15-17-14(11-20-15)12-6-4-3-5-7-12/h3-7,11,13,16H,8-10H2,1-2H3. The molecule has 0 saturated heterocycles. The fraction of sp³-hybridized carbons (Fsp3) is 0.400. The van der Waals surface area contributed by atoms with Crippen LogP contribution < -0.4 is 5.32 Å². The van der Waals surface area contributed by atoms with Gasteiger partial charge in [-0.05, 0) is 0 Å². The topological polar surface area (TPSA) is 43.4 Å². The first-order valence-corrected chi connectivity index (χ1v) is 7.43. The first-order valence-electron chi connectivity index (χ1n) is 6.55. The highest BCUT2D eigenvalue weighted by Gasteiger charge is 2.07. The normalized spacial score (nSPS) is 12.5. The number of ether oxygens (including phenoxy) is 2. The van der Waals surface area contributed by atoms with Gasteiger partial charge in [-0.15, -0.1) is 11.3 Å². The Morgan fingerprint density at radius 2 is 2.05 bits per heavy atom. The average Bonchev–Trinajstić information content (AvgIpc) is 2.96. The summed E-state index contributed by atoms with van der Waals surface area (Å²) in [6.45, 7) is 2.10. The molecule has 1 atom stereocenters. The van der Waals surface area contributed by atoms with Crippen molar-refractivity contribution in [2.24, 2.45) is 0 Å². The van der Waals surface area contributed by atoms with Gasteiger partial charge < -0.3 is 14.8 Å². The minimum absolute atomic E-state index is 0.0774. The van der Waals surface area contributed by atoms with Gasteiger partial charge in [-0.3, -0.25) is 0 Å². The predicted molar refractivity (Wildman–Crippen MR) is 81.9 cm³/mol. The van der Waals surface area contributed by atoms with Crippen molar-refractivity contribution in [3.63, 3.8) is 0 Å². The Morgan fingerprint density at radius 3 is 2.75 bits per heavy atom. The number of rotatable bonds is 8. The molecule has 0 aliphatic heterocycles. The van der Waals surface area contributed by atoms with E-state index >= 15 is 0 Å². The number of nitrogens with one attached hydrogen (secondary N) is 1. The minimum atomic E-state index is 0.0774. The van der Waals surface area contributed by atoms with Crippen LogP contribution >= 0.6 is 11.3 Å². The smallest absolute Gasteiger partial charge is 0.107 e. The maximum atomic E-state index is 5.30. The van der Waals surface area contributed by atoms with Gasteiger partial charge in [0, 0.05) is 38.3 Å². The van der Waals surface area contributed by atoms with Crippen LogP contribution in [0.1, 0.15) is 5.01 Å². The van der Waals surface area contributed by atoms with Crippen LogP contribution in [0.3, 0.4) is 0 Å². The maximum Gasteiger partial charge on any atom is 0.107 e. The summed E-state index contributed by atoms with van der Waals surface area (Å²) < 4.78 is 10.4. The van der Waals surface area contributed by atoms with E-state index in [0.29, 0.717) is 6.61 Å². The first kappa shape index (κ1) is 15.1. The van der Waals surface area contributed by atoms with Gasteiger partial charge in [0.15, 0.2) is 0 Å². The maximum absolute atomic E-state index is 5.30. The molecule has 1 N–H and O–H groups in total. The summed E-state index contributed by atoms with van der Waals surface area (Å²) in [5, 5.41) is 6.52. The Bertz CT molecular complexity index is 502. The van der Waals surface area contributed by atoms with Crippen LogP contribution in [0.15, 0.2) is 35.7 Å². The zero-order valence-electron chi connectivity index (χ0n) is 11.8. The Labute approximate surface area is 123 Å². The summed E-state index contributed by atoms with van der Waals surface area (Å²) in [4.78, 5) is 4.63. The molecule has 5 heteroatoms. The Morgan fingerprint density at radius 1 is 1.25 bits per heavy atom. The molecule has 108 valence electrons. The van der Waals surface area contributed by atoms with E-state index in [0.717, 1.165) is 29.4 Å². The van der Waals surface area contributed by atoms with Gasteiger partial charge in [-0.2, -0.15) is 0 Å². The van der Waals surface area contributed by atoms with Crippen molar-refractivity contribution in [1.82, 2.24) is 10.3 Å². The summed E-state index contributed by atoms with van der Waals surface area (Å²) in [5.74, 6) is 0. The van der Waals surface area contributed by atoms with E-state index in [9.17, 15) is 0 Å². The lowest BCUT2D eigenvalue weighted by atomic mass is 10.2. The molecule has 0 fully saturated rings. The minimum Gasteiger partial charge on any atom is -0.382 e. The number of benzene rings is 1. The second-order valence-corrected chi connectivity index (χ2v) is 5.38. The fourth-order valence-corrected chi connectivity index (χ4v) is 2.64. The van der Waals surface area contributed by atoms with Crippen molar-refractivity contribution in [3.05, 3.63) is 40.7 Å². The van der Waals surface area contributed by atoms with E-state index in [1.807, 2.05) is 18.2 Å². The summed E-state index contributed by atoms with van der Waals surface area (Å²) in [5.41, 5.74) is 2.19. The van der Waals surface area contributed by atoms with Crippen LogP contribution in [0.2, 0.25) is 0 Å². The second kappa shape index (κ2) is 8.11. The van der Waals surface area contributed by atoms with Crippen LogP contribution in [-0.4, -0.2) is 38.5 Å². The molecule has 1 aromatic carbocycles. The van der Waals surface area contributed by atoms with E-state index in [1.165, 1.54) is 0 Å².